The summed E-state index contributed by atoms with van der Waals surface area (Å²) in [6.45, 7) is 0.148. The summed E-state index contributed by atoms with van der Waals surface area (Å²) in [5, 5.41) is 17.6. The number of aliphatic carboxylic acids is 2. The van der Waals surface area contributed by atoms with E-state index in [-0.39, 0.29) is 13.2 Å². The Morgan fingerprint density at radius 2 is 0.882 bits per heavy atom. The highest BCUT2D eigenvalue weighted by Crippen LogP contribution is 2.31. The summed E-state index contributed by atoms with van der Waals surface area (Å²) in [5.41, 5.74) is 0. The Morgan fingerprint density at radius 3 is 1.24 bits per heavy atom. The Hall–Kier alpha value is -5.11. The normalized spacial score (nSPS) is 12.2. The molecule has 2 atom stereocenters. The van der Waals surface area contributed by atoms with Crippen LogP contribution in [0.2, 0.25) is 0 Å². The lowest BCUT2D eigenvalue weighted by molar-refractivity contribution is -0.144. The number of esters is 2. The van der Waals surface area contributed by atoms with Gasteiger partial charge in [-0.2, -0.15) is 0 Å². The summed E-state index contributed by atoms with van der Waals surface area (Å²) >= 11 is 4.52. The Kier molecular flexibility index (Phi) is 16.1. The molecule has 13 heteroatoms. The lowest BCUT2D eigenvalue weighted by Crippen LogP contribution is -2.27. The molecule has 51 heavy (non-hydrogen) atoms. The summed E-state index contributed by atoms with van der Waals surface area (Å²) in [5.74, 6) is -2.04. The lowest BCUT2D eigenvalue weighted by atomic mass is 10.3. The van der Waals surface area contributed by atoms with Crippen molar-refractivity contribution in [2.45, 2.75) is 31.8 Å². The SMILES string of the molecule is O=C(O)/C=C\C(=O)OC(COc1ccc(Sc2ccc(OCC(CSc3ccccc3)OC(=O)/C=C\C(=O)O)cc2)cc1)CSc1ccccc1. The number of carbonyl (C=O) groups is 4. The first-order valence-electron chi connectivity index (χ1n) is 15.4. The zero-order valence-electron chi connectivity index (χ0n) is 27.1. The number of rotatable bonds is 20. The molecule has 10 nitrogen and oxygen atoms in total. The third kappa shape index (κ3) is 15.5. The van der Waals surface area contributed by atoms with Crippen molar-refractivity contribution in [3.8, 4) is 11.5 Å². The van der Waals surface area contributed by atoms with Crippen LogP contribution in [0, 0.1) is 0 Å². The van der Waals surface area contributed by atoms with E-state index >= 15 is 0 Å². The Balaban J connectivity index is 1.28. The molecular weight excluding hydrogens is 713 g/mol. The second-order valence-electron chi connectivity index (χ2n) is 10.4. The van der Waals surface area contributed by atoms with E-state index < -0.39 is 36.1 Å². The Labute approximate surface area is 307 Å². The largest absolute Gasteiger partial charge is 0.490 e. The van der Waals surface area contributed by atoms with Crippen molar-refractivity contribution in [2.24, 2.45) is 0 Å². The second kappa shape index (κ2) is 21.2. The maximum atomic E-state index is 12.2. The van der Waals surface area contributed by atoms with Gasteiger partial charge in [-0.25, -0.2) is 19.2 Å². The van der Waals surface area contributed by atoms with Crippen molar-refractivity contribution in [2.75, 3.05) is 24.7 Å². The summed E-state index contributed by atoms with van der Waals surface area (Å²) in [4.78, 5) is 49.8. The molecule has 0 saturated heterocycles. The van der Waals surface area contributed by atoms with Crippen LogP contribution in [0.5, 0.6) is 11.5 Å². The van der Waals surface area contributed by atoms with Crippen LogP contribution in [0.1, 0.15) is 0 Å². The monoisotopic (exact) mass is 746 g/mol. The predicted octanol–water partition coefficient (Wildman–Crippen LogP) is 7.29. The minimum Gasteiger partial charge on any atom is -0.490 e. The third-order valence-electron chi connectivity index (χ3n) is 6.40. The molecule has 0 aliphatic rings. The number of carboxylic acids is 2. The van der Waals surface area contributed by atoms with E-state index in [0.717, 1.165) is 43.9 Å². The van der Waals surface area contributed by atoms with Gasteiger partial charge < -0.3 is 29.2 Å². The van der Waals surface area contributed by atoms with Crippen LogP contribution in [-0.4, -0.2) is 71.0 Å². The van der Waals surface area contributed by atoms with E-state index in [0.29, 0.717) is 23.0 Å². The van der Waals surface area contributed by atoms with Crippen molar-refractivity contribution in [1.82, 2.24) is 0 Å². The van der Waals surface area contributed by atoms with E-state index in [1.165, 1.54) is 35.3 Å². The fourth-order valence-electron chi connectivity index (χ4n) is 4.05. The molecule has 0 fully saturated rings. The first kappa shape index (κ1) is 38.7. The summed E-state index contributed by atoms with van der Waals surface area (Å²) in [6, 6.07) is 34.1. The molecule has 4 aromatic carbocycles. The quantitative estimate of drug-likeness (QED) is 0.0531. The first-order chi connectivity index (χ1) is 24.7. The molecule has 2 N–H and O–H groups in total. The smallest absolute Gasteiger partial charge is 0.331 e. The molecule has 264 valence electrons. The average molecular weight is 747 g/mol. The van der Waals surface area contributed by atoms with Crippen LogP contribution in [0.15, 0.2) is 153 Å². The average Bonchev–Trinajstić information content (AvgIpc) is 3.14. The van der Waals surface area contributed by atoms with E-state index in [1.54, 1.807) is 0 Å². The highest BCUT2D eigenvalue weighted by molar-refractivity contribution is 7.99. The van der Waals surface area contributed by atoms with Gasteiger partial charge in [0.1, 0.15) is 36.9 Å². The van der Waals surface area contributed by atoms with Gasteiger partial charge in [-0.1, -0.05) is 48.2 Å². The van der Waals surface area contributed by atoms with Gasteiger partial charge in [-0.05, 0) is 72.8 Å². The molecule has 0 amide bonds. The summed E-state index contributed by atoms with van der Waals surface area (Å²) in [6.07, 6.45) is 1.95. The van der Waals surface area contributed by atoms with Gasteiger partial charge in [0.2, 0.25) is 0 Å². The van der Waals surface area contributed by atoms with Crippen molar-refractivity contribution < 1.29 is 48.3 Å². The van der Waals surface area contributed by atoms with Crippen molar-refractivity contribution in [1.29, 1.82) is 0 Å². The molecule has 4 rings (SSSR count). The Morgan fingerprint density at radius 1 is 0.510 bits per heavy atom. The van der Waals surface area contributed by atoms with Crippen molar-refractivity contribution in [3.63, 3.8) is 0 Å². The number of thioether (sulfide) groups is 2. The van der Waals surface area contributed by atoms with E-state index in [1.807, 2.05) is 109 Å². The molecule has 0 bridgehead atoms. The molecule has 0 heterocycles. The maximum absolute atomic E-state index is 12.2. The first-order valence-corrected chi connectivity index (χ1v) is 18.2. The van der Waals surface area contributed by atoms with Gasteiger partial charge in [0.05, 0.1) is 0 Å². The third-order valence-corrected chi connectivity index (χ3v) is 9.71. The molecule has 0 saturated carbocycles. The zero-order chi connectivity index (χ0) is 36.3. The zero-order valence-corrected chi connectivity index (χ0v) is 29.5. The van der Waals surface area contributed by atoms with Gasteiger partial charge in [0, 0.05) is 55.4 Å². The van der Waals surface area contributed by atoms with Crippen molar-refractivity contribution >= 4 is 59.2 Å². The molecule has 4 aromatic rings. The highest BCUT2D eigenvalue weighted by Gasteiger charge is 2.17. The number of carbonyl (C=O) groups excluding carboxylic acids is 2. The minimum absolute atomic E-state index is 0.0739. The fourth-order valence-corrected chi connectivity index (χ4v) is 6.65. The lowest BCUT2D eigenvalue weighted by Gasteiger charge is -2.18. The molecule has 0 aromatic heterocycles. The van der Waals surface area contributed by atoms with Crippen LogP contribution in [0.25, 0.3) is 0 Å². The maximum Gasteiger partial charge on any atom is 0.331 e. The second-order valence-corrected chi connectivity index (χ2v) is 13.7. The number of ether oxygens (including phenoxy) is 4. The molecule has 0 aliphatic heterocycles. The highest BCUT2D eigenvalue weighted by atomic mass is 32.2. The van der Waals surface area contributed by atoms with Gasteiger partial charge in [-0.3, -0.25) is 0 Å². The summed E-state index contributed by atoms with van der Waals surface area (Å²) < 4.78 is 22.8. The molecule has 0 aliphatic carbocycles. The number of hydrogen-bond acceptors (Lipinski definition) is 11. The number of hydrogen-bond donors (Lipinski definition) is 2. The standard InChI is InChI=1S/C38H34O10S3/c39-35(40)19-21-37(43)47-29(25-49-31-7-3-1-4-8-31)23-45-27-11-15-33(16-12-27)51-34-17-13-28(14-18-34)46-24-30(48-38(44)22-20-36(41)42)26-50-32-9-5-2-6-10-32/h1-22,29-30H,23-26H2,(H,39,40)(H,41,42)/b21-19-,22-20-. The number of benzene rings is 4. The van der Waals surface area contributed by atoms with E-state index in [4.69, 9.17) is 29.2 Å². The van der Waals surface area contributed by atoms with Crippen LogP contribution in [-0.2, 0) is 28.7 Å². The van der Waals surface area contributed by atoms with Crippen LogP contribution in [0.3, 0.4) is 0 Å². The van der Waals surface area contributed by atoms with E-state index in [2.05, 4.69) is 0 Å². The Bertz CT molecular complexity index is 1630. The number of carboxylic acid groups (broad SMARTS) is 2. The van der Waals surface area contributed by atoms with Crippen LogP contribution >= 0.6 is 35.3 Å². The molecule has 0 radical (unpaired) electrons. The predicted molar refractivity (Wildman–Crippen MR) is 196 cm³/mol. The van der Waals surface area contributed by atoms with Crippen molar-refractivity contribution in [3.05, 3.63) is 133 Å². The minimum atomic E-state index is -1.24. The van der Waals surface area contributed by atoms with E-state index in [9.17, 15) is 19.2 Å². The molecule has 2 unspecified atom stereocenters. The molecular formula is C38H34O10S3. The van der Waals surface area contributed by atoms with Gasteiger partial charge in [-0.15, -0.1) is 23.5 Å². The van der Waals surface area contributed by atoms with Crippen LogP contribution < -0.4 is 9.47 Å². The summed E-state index contributed by atoms with van der Waals surface area (Å²) in [7, 11) is 0. The topological polar surface area (TPSA) is 146 Å². The fraction of sp³-hybridized carbons (Fsp3) is 0.158. The van der Waals surface area contributed by atoms with Gasteiger partial charge in [0.15, 0.2) is 0 Å². The molecule has 0 spiro atoms. The van der Waals surface area contributed by atoms with Gasteiger partial charge >= 0.3 is 23.9 Å². The van der Waals surface area contributed by atoms with Crippen LogP contribution in [0.4, 0.5) is 0 Å². The van der Waals surface area contributed by atoms with Gasteiger partial charge in [0.25, 0.3) is 0 Å².